The van der Waals surface area contributed by atoms with Crippen molar-refractivity contribution in [3.63, 3.8) is 0 Å². The third kappa shape index (κ3) is 3.41. The molecule has 1 aromatic heterocycles. The van der Waals surface area contributed by atoms with Crippen molar-refractivity contribution in [1.82, 2.24) is 9.97 Å². The van der Waals surface area contributed by atoms with E-state index in [-0.39, 0.29) is 5.84 Å². The molecule has 0 amide bonds. The van der Waals surface area contributed by atoms with Gasteiger partial charge in [-0.3, -0.25) is 5.41 Å². The predicted molar refractivity (Wildman–Crippen MR) is 74.6 cm³/mol. The monoisotopic (exact) mass is 263 g/mol. The van der Waals surface area contributed by atoms with E-state index >= 15 is 0 Å². The number of anilines is 1. The van der Waals surface area contributed by atoms with E-state index in [1.807, 2.05) is 6.92 Å². The number of methoxy groups -OCH3 is 1. The third-order valence-corrected chi connectivity index (χ3v) is 3.32. The van der Waals surface area contributed by atoms with Crippen LogP contribution in [0.25, 0.3) is 0 Å². The first-order valence-electron chi connectivity index (χ1n) is 6.54. The Morgan fingerprint density at radius 1 is 1.58 bits per heavy atom. The fourth-order valence-electron chi connectivity index (χ4n) is 2.45. The highest BCUT2D eigenvalue weighted by molar-refractivity contribution is 5.93. The van der Waals surface area contributed by atoms with E-state index < -0.39 is 0 Å². The Balaban J connectivity index is 2.18. The molecule has 1 fully saturated rings. The molecule has 3 N–H and O–H groups in total. The second-order valence-electron chi connectivity index (χ2n) is 5.02. The molecule has 1 unspecified atom stereocenters. The van der Waals surface area contributed by atoms with E-state index in [0.29, 0.717) is 17.6 Å². The number of ether oxygens (including phenoxy) is 1. The van der Waals surface area contributed by atoms with E-state index in [9.17, 15) is 0 Å². The van der Waals surface area contributed by atoms with Gasteiger partial charge >= 0.3 is 0 Å². The van der Waals surface area contributed by atoms with Gasteiger partial charge in [0.05, 0.1) is 6.61 Å². The topological polar surface area (TPSA) is 88.1 Å². The Morgan fingerprint density at radius 2 is 2.37 bits per heavy atom. The molecule has 0 bridgehead atoms. The van der Waals surface area contributed by atoms with Gasteiger partial charge in [-0.05, 0) is 31.7 Å². The molecule has 2 heterocycles. The van der Waals surface area contributed by atoms with E-state index in [0.717, 1.165) is 31.8 Å². The second-order valence-corrected chi connectivity index (χ2v) is 5.02. The predicted octanol–water partition coefficient (Wildman–Crippen LogP) is 0.932. The van der Waals surface area contributed by atoms with Crippen LogP contribution in [0.4, 0.5) is 5.95 Å². The van der Waals surface area contributed by atoms with Gasteiger partial charge in [0.1, 0.15) is 11.5 Å². The standard InChI is InChI=1S/C13H21N5O/c1-9-6-11(12(14)15)17-13(16-9)18-5-3-4-10(7-18)8-19-2/h6,10H,3-5,7-8H2,1-2H3,(H3,14,15). The minimum Gasteiger partial charge on any atom is -0.384 e. The number of nitrogens with one attached hydrogen (secondary N) is 1. The van der Waals surface area contributed by atoms with Crippen LogP contribution >= 0.6 is 0 Å². The molecule has 6 heteroatoms. The number of rotatable bonds is 4. The van der Waals surface area contributed by atoms with Crippen molar-refractivity contribution in [2.45, 2.75) is 19.8 Å². The first kappa shape index (κ1) is 13.7. The maximum Gasteiger partial charge on any atom is 0.226 e. The maximum absolute atomic E-state index is 7.50. The lowest BCUT2D eigenvalue weighted by molar-refractivity contribution is 0.143. The largest absolute Gasteiger partial charge is 0.384 e. The van der Waals surface area contributed by atoms with Crippen LogP contribution in [0.3, 0.4) is 0 Å². The molecule has 1 aliphatic heterocycles. The highest BCUT2D eigenvalue weighted by Crippen LogP contribution is 2.21. The van der Waals surface area contributed by atoms with Crippen molar-refractivity contribution in [2.24, 2.45) is 11.7 Å². The molecule has 0 aromatic carbocycles. The second kappa shape index (κ2) is 5.97. The van der Waals surface area contributed by atoms with E-state index in [2.05, 4.69) is 14.9 Å². The van der Waals surface area contributed by atoms with Crippen molar-refractivity contribution in [3.8, 4) is 0 Å². The van der Waals surface area contributed by atoms with Gasteiger partial charge in [0.15, 0.2) is 0 Å². The average Bonchev–Trinajstić information content (AvgIpc) is 2.38. The number of aryl methyl sites for hydroxylation is 1. The molecule has 104 valence electrons. The van der Waals surface area contributed by atoms with Gasteiger partial charge < -0.3 is 15.4 Å². The van der Waals surface area contributed by atoms with Crippen molar-refractivity contribution in [2.75, 3.05) is 31.7 Å². The van der Waals surface area contributed by atoms with E-state index in [1.165, 1.54) is 6.42 Å². The Hall–Kier alpha value is -1.69. The molecular weight excluding hydrogens is 242 g/mol. The van der Waals surface area contributed by atoms with Crippen molar-refractivity contribution < 1.29 is 4.74 Å². The smallest absolute Gasteiger partial charge is 0.226 e. The fourth-order valence-corrected chi connectivity index (χ4v) is 2.45. The van der Waals surface area contributed by atoms with Gasteiger partial charge in [0.2, 0.25) is 5.95 Å². The van der Waals surface area contributed by atoms with Gasteiger partial charge in [-0.1, -0.05) is 0 Å². The number of amidine groups is 1. The number of aromatic nitrogens is 2. The SMILES string of the molecule is COCC1CCCN(c2nc(C)cc(C(=N)N)n2)C1. The number of hydrogen-bond acceptors (Lipinski definition) is 5. The molecule has 1 atom stereocenters. The van der Waals surface area contributed by atoms with Crippen LogP contribution in [0.5, 0.6) is 0 Å². The van der Waals surface area contributed by atoms with Crippen molar-refractivity contribution in [3.05, 3.63) is 17.5 Å². The van der Waals surface area contributed by atoms with Crippen LogP contribution in [0, 0.1) is 18.3 Å². The first-order chi connectivity index (χ1) is 9.10. The summed E-state index contributed by atoms with van der Waals surface area (Å²) in [4.78, 5) is 11.0. The molecule has 0 radical (unpaired) electrons. The lowest BCUT2D eigenvalue weighted by Crippen LogP contribution is -2.38. The summed E-state index contributed by atoms with van der Waals surface area (Å²) in [5, 5.41) is 7.50. The van der Waals surface area contributed by atoms with Crippen LogP contribution in [0.15, 0.2) is 6.07 Å². The van der Waals surface area contributed by atoms with Crippen LogP contribution in [-0.4, -0.2) is 42.6 Å². The minimum absolute atomic E-state index is 0.0165. The normalized spacial score (nSPS) is 19.5. The molecule has 2 rings (SSSR count). The summed E-state index contributed by atoms with van der Waals surface area (Å²) in [7, 11) is 1.73. The minimum atomic E-state index is -0.0165. The molecule has 1 aromatic rings. The van der Waals surface area contributed by atoms with Gasteiger partial charge in [0.25, 0.3) is 0 Å². The Kier molecular flexibility index (Phi) is 4.31. The quantitative estimate of drug-likeness (QED) is 0.623. The van der Waals surface area contributed by atoms with Gasteiger partial charge in [-0.2, -0.15) is 0 Å². The summed E-state index contributed by atoms with van der Waals surface area (Å²) in [6.07, 6.45) is 2.29. The number of piperidine rings is 1. The summed E-state index contributed by atoms with van der Waals surface area (Å²) >= 11 is 0. The Labute approximate surface area is 113 Å². The molecule has 19 heavy (non-hydrogen) atoms. The fraction of sp³-hybridized carbons (Fsp3) is 0.615. The molecule has 0 saturated carbocycles. The first-order valence-corrected chi connectivity index (χ1v) is 6.54. The van der Waals surface area contributed by atoms with Crippen LogP contribution in [0.1, 0.15) is 24.2 Å². The summed E-state index contributed by atoms with van der Waals surface area (Å²) in [6.45, 7) is 4.51. The summed E-state index contributed by atoms with van der Waals surface area (Å²) in [6, 6.07) is 1.74. The summed E-state index contributed by atoms with van der Waals surface area (Å²) in [5.41, 5.74) is 6.84. The molecule has 0 spiro atoms. The molecule has 6 nitrogen and oxygen atoms in total. The van der Waals surface area contributed by atoms with Crippen LogP contribution in [0.2, 0.25) is 0 Å². The zero-order valence-corrected chi connectivity index (χ0v) is 11.5. The lowest BCUT2D eigenvalue weighted by Gasteiger charge is -2.32. The molecule has 0 aliphatic carbocycles. The van der Waals surface area contributed by atoms with E-state index in [1.54, 1.807) is 13.2 Å². The summed E-state index contributed by atoms with van der Waals surface area (Å²) < 4.78 is 5.23. The third-order valence-electron chi connectivity index (χ3n) is 3.32. The van der Waals surface area contributed by atoms with Gasteiger partial charge in [0, 0.05) is 25.9 Å². The number of nitrogen functional groups attached to an aromatic ring is 1. The number of nitrogens with zero attached hydrogens (tertiary/aromatic N) is 3. The van der Waals surface area contributed by atoms with Gasteiger partial charge in [-0.25, -0.2) is 9.97 Å². The molecule has 1 saturated heterocycles. The highest BCUT2D eigenvalue weighted by Gasteiger charge is 2.22. The molecular formula is C13H21N5O. The maximum atomic E-state index is 7.50. The summed E-state index contributed by atoms with van der Waals surface area (Å²) in [5.74, 6) is 1.17. The zero-order valence-electron chi connectivity index (χ0n) is 11.5. The highest BCUT2D eigenvalue weighted by atomic mass is 16.5. The lowest BCUT2D eigenvalue weighted by atomic mass is 9.99. The number of hydrogen-bond donors (Lipinski definition) is 2. The van der Waals surface area contributed by atoms with Crippen molar-refractivity contribution >= 4 is 11.8 Å². The Morgan fingerprint density at radius 3 is 3.05 bits per heavy atom. The number of nitrogens with two attached hydrogens (primary N) is 1. The average molecular weight is 263 g/mol. The molecule has 1 aliphatic rings. The van der Waals surface area contributed by atoms with Crippen LogP contribution < -0.4 is 10.6 Å². The van der Waals surface area contributed by atoms with E-state index in [4.69, 9.17) is 15.9 Å². The van der Waals surface area contributed by atoms with Crippen molar-refractivity contribution in [1.29, 1.82) is 5.41 Å². The van der Waals surface area contributed by atoms with Crippen LogP contribution in [-0.2, 0) is 4.74 Å². The Bertz CT molecular complexity index is 460. The van der Waals surface area contributed by atoms with Gasteiger partial charge in [-0.15, -0.1) is 0 Å². The zero-order chi connectivity index (χ0) is 13.8.